The van der Waals surface area contributed by atoms with Gasteiger partial charge in [0.1, 0.15) is 17.6 Å². The highest BCUT2D eigenvalue weighted by molar-refractivity contribution is 6.02. The topological polar surface area (TPSA) is 80.2 Å². The first-order valence-corrected chi connectivity index (χ1v) is 10.6. The van der Waals surface area contributed by atoms with Crippen molar-refractivity contribution >= 4 is 17.4 Å². The summed E-state index contributed by atoms with van der Waals surface area (Å²) in [6.45, 7) is 5.54. The number of alkyl halides is 3. The summed E-state index contributed by atoms with van der Waals surface area (Å²) >= 11 is 0. The van der Waals surface area contributed by atoms with Crippen LogP contribution in [0, 0.1) is 25.7 Å². The fourth-order valence-electron chi connectivity index (χ4n) is 4.21. The minimum Gasteiger partial charge on any atom is -0.477 e. The number of hydrogen-bond donors (Lipinski definition) is 1. The summed E-state index contributed by atoms with van der Waals surface area (Å²) in [6, 6.07) is 1.66. The molecule has 1 saturated carbocycles. The van der Waals surface area contributed by atoms with E-state index in [0.717, 1.165) is 42.3 Å². The molecule has 172 valence electrons. The number of aromatic nitrogens is 3. The molecular formula is C22H26F3N5O2. The molecule has 2 aliphatic rings. The van der Waals surface area contributed by atoms with Crippen LogP contribution in [0.2, 0.25) is 0 Å². The molecule has 1 aliphatic heterocycles. The molecule has 3 heterocycles. The Bertz CT molecular complexity index is 1040. The van der Waals surface area contributed by atoms with E-state index in [-0.39, 0.29) is 29.4 Å². The summed E-state index contributed by atoms with van der Waals surface area (Å²) in [5.41, 5.74) is 0.920. The minimum absolute atomic E-state index is 0.00799. The molecule has 10 heteroatoms. The van der Waals surface area contributed by atoms with Crippen molar-refractivity contribution in [3.8, 4) is 5.88 Å². The molecule has 2 aromatic heterocycles. The largest absolute Gasteiger partial charge is 0.477 e. The molecule has 1 aliphatic carbocycles. The highest BCUT2D eigenvalue weighted by Gasteiger charge is 2.34. The number of hydrogen-bond acceptors (Lipinski definition) is 6. The second kappa shape index (κ2) is 8.22. The first-order chi connectivity index (χ1) is 15.0. The van der Waals surface area contributed by atoms with E-state index in [4.69, 9.17) is 4.74 Å². The predicted octanol–water partition coefficient (Wildman–Crippen LogP) is 3.93. The Balaban J connectivity index is 1.33. The Morgan fingerprint density at radius 1 is 1.16 bits per heavy atom. The molecular weight excluding hydrogens is 423 g/mol. The van der Waals surface area contributed by atoms with E-state index < -0.39 is 11.7 Å². The lowest BCUT2D eigenvalue weighted by molar-refractivity contribution is -0.137. The third-order valence-corrected chi connectivity index (χ3v) is 6.19. The number of carbonyl (C=O) groups excluding carboxylic acids is 1. The normalized spacial score (nSPS) is 22.8. The molecule has 2 aromatic rings. The highest BCUT2D eigenvalue weighted by atomic mass is 19.4. The average molecular weight is 449 g/mol. The van der Waals surface area contributed by atoms with Crippen LogP contribution in [0.15, 0.2) is 12.1 Å². The molecule has 0 spiro atoms. The molecule has 4 rings (SSSR count). The third-order valence-electron chi connectivity index (χ3n) is 6.19. The van der Waals surface area contributed by atoms with Gasteiger partial charge in [-0.05, 0) is 51.5 Å². The molecule has 0 radical (unpaired) electrons. The predicted molar refractivity (Wildman–Crippen MR) is 113 cm³/mol. The first kappa shape index (κ1) is 22.3. The maximum absolute atomic E-state index is 13.0. The number of ether oxygens (including phenoxy) is 1. The van der Waals surface area contributed by atoms with Crippen molar-refractivity contribution in [2.24, 2.45) is 11.8 Å². The van der Waals surface area contributed by atoms with Crippen molar-refractivity contribution < 1.29 is 22.7 Å². The van der Waals surface area contributed by atoms with Gasteiger partial charge in [-0.25, -0.2) is 15.0 Å². The Kier molecular flexibility index (Phi) is 5.72. The zero-order valence-electron chi connectivity index (χ0n) is 18.5. The van der Waals surface area contributed by atoms with Crippen molar-refractivity contribution in [3.05, 3.63) is 34.9 Å². The second-order valence-electron chi connectivity index (χ2n) is 8.75. The van der Waals surface area contributed by atoms with Crippen molar-refractivity contribution in [2.75, 3.05) is 23.9 Å². The third kappa shape index (κ3) is 4.49. The maximum Gasteiger partial charge on any atom is 0.416 e. The Labute approximate surface area is 184 Å². The van der Waals surface area contributed by atoms with Gasteiger partial charge < -0.3 is 15.0 Å². The van der Waals surface area contributed by atoms with Crippen LogP contribution in [-0.2, 0) is 17.4 Å². The molecule has 32 heavy (non-hydrogen) atoms. The van der Waals surface area contributed by atoms with Gasteiger partial charge >= 0.3 is 6.18 Å². The molecule has 0 bridgehead atoms. The lowest BCUT2D eigenvalue weighted by atomic mass is 9.73. The molecule has 1 fully saturated rings. The number of carbonyl (C=O) groups is 1. The van der Waals surface area contributed by atoms with Crippen molar-refractivity contribution in [3.63, 3.8) is 0 Å². The quantitative estimate of drug-likeness (QED) is 0.745. The van der Waals surface area contributed by atoms with Crippen LogP contribution in [0.25, 0.3) is 0 Å². The summed E-state index contributed by atoms with van der Waals surface area (Å²) in [5, 5.41) is 2.87. The van der Waals surface area contributed by atoms with Gasteiger partial charge in [-0.2, -0.15) is 13.2 Å². The van der Waals surface area contributed by atoms with E-state index in [9.17, 15) is 18.0 Å². The van der Waals surface area contributed by atoms with Crippen LogP contribution in [0.5, 0.6) is 5.88 Å². The number of amides is 1. The fraction of sp³-hybridized carbons (Fsp3) is 0.545. The summed E-state index contributed by atoms with van der Waals surface area (Å²) < 4.78 is 44.5. The van der Waals surface area contributed by atoms with Gasteiger partial charge in [-0.15, -0.1) is 0 Å². The van der Waals surface area contributed by atoms with Crippen LogP contribution in [-0.4, -0.2) is 40.6 Å². The van der Waals surface area contributed by atoms with Crippen LogP contribution < -0.4 is 15.0 Å². The number of pyridine rings is 1. The molecule has 1 amide bonds. The van der Waals surface area contributed by atoms with Crippen LogP contribution in [0.1, 0.15) is 42.5 Å². The number of halogens is 3. The summed E-state index contributed by atoms with van der Waals surface area (Å²) in [5.74, 6) is 2.04. The van der Waals surface area contributed by atoms with E-state index in [2.05, 4.69) is 20.3 Å². The molecule has 0 saturated heterocycles. The van der Waals surface area contributed by atoms with Crippen molar-refractivity contribution in [2.45, 2.75) is 52.3 Å². The molecule has 0 aromatic carbocycles. The number of anilines is 2. The lowest BCUT2D eigenvalue weighted by Gasteiger charge is -2.36. The van der Waals surface area contributed by atoms with Gasteiger partial charge in [0.15, 0.2) is 5.82 Å². The molecule has 1 N–H and O–H groups in total. The summed E-state index contributed by atoms with van der Waals surface area (Å²) in [4.78, 5) is 27.2. The van der Waals surface area contributed by atoms with Gasteiger partial charge in [0.2, 0.25) is 11.8 Å². The van der Waals surface area contributed by atoms with Crippen molar-refractivity contribution in [1.82, 2.24) is 15.0 Å². The van der Waals surface area contributed by atoms with Gasteiger partial charge in [0.05, 0.1) is 17.9 Å². The van der Waals surface area contributed by atoms with E-state index >= 15 is 0 Å². The van der Waals surface area contributed by atoms with Crippen LogP contribution in [0.3, 0.4) is 0 Å². The molecule has 1 atom stereocenters. The van der Waals surface area contributed by atoms with Gasteiger partial charge in [-0.1, -0.05) is 0 Å². The maximum atomic E-state index is 13.0. The number of fused-ring (bicyclic) bond motifs is 1. The lowest BCUT2D eigenvalue weighted by Crippen LogP contribution is -2.45. The zero-order chi connectivity index (χ0) is 23.2. The van der Waals surface area contributed by atoms with E-state index in [1.165, 1.54) is 6.92 Å². The fourth-order valence-corrected chi connectivity index (χ4v) is 4.21. The molecule has 0 unspecified atom stereocenters. The Morgan fingerprint density at radius 2 is 1.88 bits per heavy atom. The second-order valence-corrected chi connectivity index (χ2v) is 8.75. The number of likely N-dealkylation sites (N-methyl/N-ethyl adjacent to an activating group) is 1. The van der Waals surface area contributed by atoms with E-state index in [0.29, 0.717) is 24.6 Å². The number of rotatable bonds is 5. The van der Waals surface area contributed by atoms with Gasteiger partial charge in [-0.3, -0.25) is 4.79 Å². The van der Waals surface area contributed by atoms with E-state index in [1.807, 2.05) is 25.8 Å². The average Bonchev–Trinajstić information content (AvgIpc) is 2.68. The number of nitrogens with zero attached hydrogens (tertiary/aromatic N) is 4. The summed E-state index contributed by atoms with van der Waals surface area (Å²) in [6.07, 6.45) is -1.93. The monoisotopic (exact) mass is 449 g/mol. The van der Waals surface area contributed by atoms with Gasteiger partial charge in [0, 0.05) is 25.2 Å². The SMILES string of the molecule is Cc1cc(C(F)(F)F)cc(OCC2CC(Cc3nc(C)c4c(n3)N(C)[C@@H](C)C(=O)N4)C2)n1. The smallest absolute Gasteiger partial charge is 0.416 e. The van der Waals surface area contributed by atoms with Crippen LogP contribution >= 0.6 is 0 Å². The standard InChI is InChI=1S/C22H26F3N5O2/c1-11-5-16(22(23,24)25)9-18(26-11)32-10-15-6-14(7-15)8-17-27-12(2)19-20(28-17)30(4)13(3)21(31)29-19/h5,9,13-15H,6-8,10H2,1-4H3,(H,29,31)/t13-,14?,15?/m0/s1. The van der Waals surface area contributed by atoms with Crippen LogP contribution in [0.4, 0.5) is 24.7 Å². The van der Waals surface area contributed by atoms with Gasteiger partial charge in [0.25, 0.3) is 0 Å². The number of nitrogens with one attached hydrogen (secondary N) is 1. The highest BCUT2D eigenvalue weighted by Crippen LogP contribution is 2.38. The minimum atomic E-state index is -4.42. The Hall–Kier alpha value is -2.91. The first-order valence-electron chi connectivity index (χ1n) is 10.6. The zero-order valence-corrected chi connectivity index (χ0v) is 18.5. The molecule has 7 nitrogen and oxygen atoms in total. The number of aryl methyl sites for hydroxylation is 2. The van der Waals surface area contributed by atoms with E-state index in [1.54, 1.807) is 0 Å². The summed E-state index contributed by atoms with van der Waals surface area (Å²) in [7, 11) is 1.85. The van der Waals surface area contributed by atoms with Crippen molar-refractivity contribution in [1.29, 1.82) is 0 Å². The Morgan fingerprint density at radius 3 is 2.56 bits per heavy atom.